The monoisotopic (exact) mass is 1750 g/mol. The molecule has 0 saturated carbocycles. The third-order valence-corrected chi connectivity index (χ3v) is 12.9. The first-order valence-electron chi connectivity index (χ1n) is 22.3. The molecule has 0 radical (unpaired) electrons. The number of hydrogen-bond donors (Lipinski definition) is 2. The molecule has 0 aliphatic carbocycles. The Kier molecular flexibility index (Phi) is 38.9. The van der Waals surface area contributed by atoms with Crippen LogP contribution in [0.1, 0.15) is 79.1 Å². The number of esters is 3. The Morgan fingerprint density at radius 3 is 0.619 bits per heavy atom. The van der Waals surface area contributed by atoms with Gasteiger partial charge < -0.3 is 29.5 Å². The molecule has 97 heavy (non-hydrogen) atoms. The summed E-state index contributed by atoms with van der Waals surface area (Å²) in [5.74, 6) is -58.6. The van der Waals surface area contributed by atoms with Crippen LogP contribution in [-0.2, 0) is 28.6 Å². The maximum absolute atomic E-state index is 13.5. The number of halogens is 40. The van der Waals surface area contributed by atoms with E-state index in [2.05, 4.69) is 14.2 Å². The number of alkyl halides is 15. The number of carbonyl (C=O) groups excluding carboxylic acids is 3. The van der Waals surface area contributed by atoms with Gasteiger partial charge in [-0.25, -0.2) is 110 Å². The van der Waals surface area contributed by atoms with E-state index < -0.39 is 241 Å². The molecule has 5 aromatic carbocycles. The van der Waals surface area contributed by atoms with E-state index in [9.17, 15) is 139 Å². The Labute approximate surface area is 620 Å². The molecule has 50 heteroatoms. The molecule has 5 unspecified atom stereocenters. The zero-order chi connectivity index (χ0) is 76.6. The van der Waals surface area contributed by atoms with Gasteiger partial charge in [0, 0.05) is 33.4 Å². The van der Waals surface area contributed by atoms with E-state index in [1.807, 2.05) is 0 Å². The quantitative estimate of drug-likeness (QED) is 0.0310. The Morgan fingerprint density at radius 2 is 0.474 bits per heavy atom. The summed E-state index contributed by atoms with van der Waals surface area (Å²) in [6.07, 6.45) is -12.0. The van der Waals surface area contributed by atoms with Gasteiger partial charge in [-0.3, -0.25) is 14.4 Å². The van der Waals surface area contributed by atoms with Crippen LogP contribution in [0, 0.1) is 145 Å². The Bertz CT molecular complexity index is 3340. The summed E-state index contributed by atoms with van der Waals surface area (Å²) in [5.41, 5.74) is -7.78. The fourth-order valence-electron chi connectivity index (χ4n) is 5.84. The van der Waals surface area contributed by atoms with E-state index in [1.165, 1.54) is 13.8 Å². The molecule has 0 saturated heterocycles. The van der Waals surface area contributed by atoms with Gasteiger partial charge in [0.1, 0.15) is 18.3 Å². The van der Waals surface area contributed by atoms with Crippen molar-refractivity contribution >= 4 is 192 Å². The van der Waals surface area contributed by atoms with Gasteiger partial charge in [0.15, 0.2) is 126 Å². The predicted molar refractivity (Wildman–Crippen MR) is 292 cm³/mol. The first-order chi connectivity index (χ1) is 43.0. The number of rotatable bonds is 7. The van der Waals surface area contributed by atoms with Crippen LogP contribution in [0.25, 0.3) is 0 Å². The van der Waals surface area contributed by atoms with Crippen LogP contribution in [-0.4, -0.2) is 54.2 Å². The van der Waals surface area contributed by atoms with E-state index in [0.29, 0.717) is 0 Å². The molecule has 0 amide bonds. The van der Waals surface area contributed by atoms with E-state index in [-0.39, 0.29) is 29.6 Å². The van der Waals surface area contributed by atoms with Gasteiger partial charge in [-0.1, -0.05) is 174 Å². The van der Waals surface area contributed by atoms with Crippen LogP contribution in [0.2, 0.25) is 0 Å². The maximum Gasteiger partial charge on any atom is 1.00 e. The van der Waals surface area contributed by atoms with Crippen molar-refractivity contribution in [3.8, 4) is 0 Å². The van der Waals surface area contributed by atoms with Gasteiger partial charge in [-0.2, -0.15) is 0 Å². The van der Waals surface area contributed by atoms with Crippen LogP contribution in [0.5, 0.6) is 0 Å². The third-order valence-electron chi connectivity index (χ3n) is 9.87. The predicted octanol–water partition coefficient (Wildman–Crippen LogP) is 16.6. The fraction of sp³-hybridized carbons (Fsp3) is 0.298. The Morgan fingerprint density at radius 1 is 0.299 bits per heavy atom. The van der Waals surface area contributed by atoms with Crippen molar-refractivity contribution in [1.82, 2.24) is 0 Å². The number of carbonyl (C=O) groups is 3. The molecular formula is C47H19Cl15F25NaO9. The largest absolute Gasteiger partial charge is 1.00 e. The van der Waals surface area contributed by atoms with Crippen LogP contribution < -0.4 is 34.7 Å². The molecular weight excluding hydrogens is 1740 g/mol. The zero-order valence-electron chi connectivity index (χ0n) is 45.8. The number of methoxy groups -OCH3 is 1. The molecule has 5 atom stereocenters. The average molecular weight is 1760 g/mol. The fourth-order valence-corrected chi connectivity index (χ4v) is 7.88. The minimum absolute atomic E-state index is 0. The second-order valence-corrected chi connectivity index (χ2v) is 28.3. The SMILES string of the molecule is CC(=O)OC(C)=O.CC(=O)OC(c1c(F)c(F)c(F)c(F)c1F)C(Cl)(Cl)Cl.COC(c1c(F)c(F)c(F)c(F)c1F)C(Cl)(Cl)Cl.OC(c1c(F)c(F)c(F)c(F)c1F)C(Cl)(Cl)Cl.OC(c1c(F)c(F)c(F)c(F)c1F)C(Cl)(Cl)Cl.[Na+].[O-]C(c1c(F)c(F)c(F)c(F)c1F)C(Cl)(Cl)Cl. The third kappa shape index (κ3) is 25.2. The van der Waals surface area contributed by atoms with Crippen molar-refractivity contribution in [3.63, 3.8) is 0 Å². The Hall–Kier alpha value is -1.85. The number of aliphatic hydroxyl groups is 2. The molecule has 0 spiro atoms. The molecule has 0 bridgehead atoms. The van der Waals surface area contributed by atoms with Crippen LogP contribution in [0.15, 0.2) is 0 Å². The summed E-state index contributed by atoms with van der Waals surface area (Å²) >= 11 is 78.0. The number of hydrogen-bond acceptors (Lipinski definition) is 9. The number of ether oxygens (including phenoxy) is 3. The second kappa shape index (κ2) is 38.8. The zero-order valence-corrected chi connectivity index (χ0v) is 59.1. The van der Waals surface area contributed by atoms with E-state index in [4.69, 9.17) is 174 Å². The van der Waals surface area contributed by atoms with Crippen molar-refractivity contribution < 1.29 is 183 Å². The molecule has 542 valence electrons. The minimum Gasteiger partial charge on any atom is -0.845 e. The first-order valence-corrected chi connectivity index (χ1v) is 28.0. The van der Waals surface area contributed by atoms with Crippen molar-refractivity contribution in [2.24, 2.45) is 0 Å². The second-order valence-electron chi connectivity index (χ2n) is 16.5. The van der Waals surface area contributed by atoms with Crippen LogP contribution in [0.3, 0.4) is 0 Å². The smallest absolute Gasteiger partial charge is 0.845 e. The van der Waals surface area contributed by atoms with Crippen LogP contribution >= 0.6 is 174 Å². The van der Waals surface area contributed by atoms with Crippen LogP contribution in [0.4, 0.5) is 110 Å². The molecule has 5 aromatic rings. The molecule has 0 aromatic heterocycles. The molecule has 2 N–H and O–H groups in total. The summed E-state index contributed by atoms with van der Waals surface area (Å²) in [4.78, 5) is 30.5. The van der Waals surface area contributed by atoms with Gasteiger partial charge in [0.2, 0.25) is 44.3 Å². The van der Waals surface area contributed by atoms with E-state index in [1.54, 1.807) is 0 Å². The number of benzene rings is 5. The Balaban J connectivity index is 0. The summed E-state index contributed by atoms with van der Waals surface area (Å²) in [5, 5.41) is 29.7. The van der Waals surface area contributed by atoms with Gasteiger partial charge in [-0.15, -0.1) is 0 Å². The van der Waals surface area contributed by atoms with Gasteiger partial charge >= 0.3 is 47.5 Å². The molecule has 5 rings (SSSR count). The molecule has 0 fully saturated rings. The molecule has 0 heterocycles. The van der Waals surface area contributed by atoms with Crippen molar-refractivity contribution in [1.29, 1.82) is 0 Å². The van der Waals surface area contributed by atoms with E-state index in [0.717, 1.165) is 14.0 Å². The average Bonchev–Trinajstić information content (AvgIpc) is 0.815. The normalized spacial score (nSPS) is 13.2. The summed E-state index contributed by atoms with van der Waals surface area (Å²) in [7, 11) is 0.893. The summed E-state index contributed by atoms with van der Waals surface area (Å²) < 4.78 is 324. The standard InChI is InChI=1S/C10H4Cl3F5O2.C9H4Cl3F5O.2C8H2Cl3F5O.C8HCl3F5O.C4H6O3.Na/c1-2(19)20-9(10(11,12)13)3-4(14)6(16)8(18)7(17)5(3)15;1-18-8(9(10,11)12)2-3(13)5(15)7(17)6(16)4(2)14;3*9-8(10,11)7(17)1-2(12)4(14)6(16)5(15)3(1)13;1-3(5)7-4(2)6;/h9H,1H3;8H,1H3;2*7,17H;7H;1-2H3;/q;;;;-1;;+1. The van der Waals surface area contributed by atoms with Crippen molar-refractivity contribution in [2.75, 3.05) is 7.11 Å². The minimum atomic E-state index is -2.75. The van der Waals surface area contributed by atoms with Gasteiger partial charge in [0.05, 0.1) is 22.3 Å². The van der Waals surface area contributed by atoms with Crippen molar-refractivity contribution in [3.05, 3.63) is 173 Å². The van der Waals surface area contributed by atoms with Gasteiger partial charge in [0.25, 0.3) is 0 Å². The summed E-state index contributed by atoms with van der Waals surface area (Å²) in [6.45, 7) is 3.16. The topological polar surface area (TPSA) is 142 Å². The van der Waals surface area contributed by atoms with Crippen molar-refractivity contribution in [2.45, 2.75) is 70.3 Å². The van der Waals surface area contributed by atoms with Gasteiger partial charge in [-0.05, 0) is 6.10 Å². The molecule has 0 aliphatic heterocycles. The number of aliphatic hydroxyl groups excluding tert-OH is 2. The van der Waals surface area contributed by atoms with E-state index >= 15 is 0 Å². The molecule has 0 aliphatic rings. The first kappa shape index (κ1) is 97.2. The summed E-state index contributed by atoms with van der Waals surface area (Å²) in [6, 6.07) is 0. The maximum atomic E-state index is 13.5. The molecule has 9 nitrogen and oxygen atoms in total.